The van der Waals surface area contributed by atoms with Gasteiger partial charge in [0.15, 0.2) is 0 Å². The largest absolute Gasteiger partial charge is 0.393 e. The number of likely N-dealkylation sites (tertiary alicyclic amines) is 1. The van der Waals surface area contributed by atoms with Gasteiger partial charge in [0.25, 0.3) is 0 Å². The molecule has 0 aromatic heterocycles. The maximum Gasteiger partial charge on any atom is 0.217 e. The van der Waals surface area contributed by atoms with Crippen molar-refractivity contribution in [3.05, 3.63) is 0 Å². The van der Waals surface area contributed by atoms with Gasteiger partial charge in [0, 0.05) is 32.1 Å². The second-order valence-corrected chi connectivity index (χ2v) is 6.17. The molecule has 1 saturated heterocycles. The summed E-state index contributed by atoms with van der Waals surface area (Å²) in [6, 6.07) is 0.778. The highest BCUT2D eigenvalue weighted by molar-refractivity contribution is 5.73. The lowest BCUT2D eigenvalue weighted by Crippen LogP contribution is -2.55. The number of carbonyl (C=O) groups excluding carboxylic acids is 1. The summed E-state index contributed by atoms with van der Waals surface area (Å²) in [5.74, 6) is 1.14. The van der Waals surface area contributed by atoms with E-state index in [2.05, 4.69) is 17.1 Å². The first-order valence-electron chi connectivity index (χ1n) is 7.16. The van der Waals surface area contributed by atoms with E-state index in [1.165, 1.54) is 12.8 Å². The summed E-state index contributed by atoms with van der Waals surface area (Å²) >= 11 is 0. The summed E-state index contributed by atoms with van der Waals surface area (Å²) < 4.78 is 0. The molecule has 4 nitrogen and oxygen atoms in total. The van der Waals surface area contributed by atoms with Crippen molar-refractivity contribution in [2.24, 2.45) is 11.8 Å². The standard InChI is InChI=1S/C14H26N2O2/c1-9(12-4-5-12)16-7-13(10(2)17)6-14(8-16)15-11(3)18/h9-10,12-14,17H,4-8H2,1-3H3,(H,15,18). The van der Waals surface area contributed by atoms with Gasteiger partial charge in [-0.15, -0.1) is 0 Å². The highest BCUT2D eigenvalue weighted by Gasteiger charge is 2.37. The molecule has 2 fully saturated rings. The van der Waals surface area contributed by atoms with Crippen LogP contribution in [-0.2, 0) is 4.79 Å². The summed E-state index contributed by atoms with van der Waals surface area (Å²) in [5, 5.41) is 12.9. The first-order valence-corrected chi connectivity index (χ1v) is 7.16. The van der Waals surface area contributed by atoms with Gasteiger partial charge < -0.3 is 10.4 Å². The van der Waals surface area contributed by atoms with Crippen LogP contribution >= 0.6 is 0 Å². The number of hydrogen-bond donors (Lipinski definition) is 2. The third-order valence-electron chi connectivity index (χ3n) is 4.48. The van der Waals surface area contributed by atoms with E-state index in [1.54, 1.807) is 6.92 Å². The minimum Gasteiger partial charge on any atom is -0.393 e. The Balaban J connectivity index is 1.98. The number of aliphatic hydroxyl groups excluding tert-OH is 1. The highest BCUT2D eigenvalue weighted by atomic mass is 16.3. The molecule has 1 aliphatic carbocycles. The maximum atomic E-state index is 11.2. The van der Waals surface area contributed by atoms with Crippen LogP contribution in [0.5, 0.6) is 0 Å². The SMILES string of the molecule is CC(=O)NC1CC(C(C)O)CN(C(C)C2CC2)C1. The average molecular weight is 254 g/mol. The second-order valence-electron chi connectivity index (χ2n) is 6.17. The summed E-state index contributed by atoms with van der Waals surface area (Å²) in [6.45, 7) is 7.61. The van der Waals surface area contributed by atoms with Crippen molar-refractivity contribution in [2.75, 3.05) is 13.1 Å². The minimum absolute atomic E-state index is 0.0327. The van der Waals surface area contributed by atoms with Gasteiger partial charge in [0.1, 0.15) is 0 Å². The molecule has 18 heavy (non-hydrogen) atoms. The fraction of sp³-hybridized carbons (Fsp3) is 0.929. The van der Waals surface area contributed by atoms with Crippen molar-refractivity contribution in [1.82, 2.24) is 10.2 Å². The fourth-order valence-electron chi connectivity index (χ4n) is 3.12. The zero-order valence-electron chi connectivity index (χ0n) is 11.7. The Morgan fingerprint density at radius 3 is 2.44 bits per heavy atom. The van der Waals surface area contributed by atoms with E-state index in [0.29, 0.717) is 6.04 Å². The van der Waals surface area contributed by atoms with Crippen LogP contribution in [0.25, 0.3) is 0 Å². The molecule has 0 bridgehead atoms. The van der Waals surface area contributed by atoms with Crippen LogP contribution in [0.2, 0.25) is 0 Å². The number of aliphatic hydroxyl groups is 1. The molecule has 2 rings (SSSR count). The molecule has 2 aliphatic rings. The monoisotopic (exact) mass is 254 g/mol. The van der Waals surface area contributed by atoms with Gasteiger partial charge in [-0.25, -0.2) is 0 Å². The molecule has 0 radical (unpaired) electrons. The van der Waals surface area contributed by atoms with Crippen molar-refractivity contribution >= 4 is 5.91 Å². The summed E-state index contributed by atoms with van der Waals surface area (Å²) in [5.41, 5.74) is 0. The molecule has 1 heterocycles. The number of nitrogens with zero attached hydrogens (tertiary/aromatic N) is 1. The third-order valence-corrected chi connectivity index (χ3v) is 4.48. The van der Waals surface area contributed by atoms with Gasteiger partial charge in [-0.3, -0.25) is 9.69 Å². The topological polar surface area (TPSA) is 52.6 Å². The minimum atomic E-state index is -0.296. The van der Waals surface area contributed by atoms with Gasteiger partial charge in [-0.05, 0) is 44.9 Å². The van der Waals surface area contributed by atoms with E-state index in [1.807, 2.05) is 6.92 Å². The lowest BCUT2D eigenvalue weighted by atomic mass is 9.89. The Hall–Kier alpha value is -0.610. The summed E-state index contributed by atoms with van der Waals surface area (Å²) in [6.07, 6.45) is 3.27. The van der Waals surface area contributed by atoms with E-state index in [-0.39, 0.29) is 24.0 Å². The average Bonchev–Trinajstić information content (AvgIpc) is 3.10. The zero-order valence-corrected chi connectivity index (χ0v) is 11.7. The van der Waals surface area contributed by atoms with E-state index in [9.17, 15) is 9.90 Å². The predicted octanol–water partition coefficient (Wildman–Crippen LogP) is 0.992. The number of hydrogen-bond acceptors (Lipinski definition) is 3. The van der Waals surface area contributed by atoms with Gasteiger partial charge in [-0.2, -0.15) is 0 Å². The molecule has 1 amide bonds. The lowest BCUT2D eigenvalue weighted by Gasteiger charge is -2.42. The van der Waals surface area contributed by atoms with E-state index < -0.39 is 0 Å². The van der Waals surface area contributed by atoms with Crippen molar-refractivity contribution in [3.8, 4) is 0 Å². The summed E-state index contributed by atoms with van der Waals surface area (Å²) in [7, 11) is 0. The Labute approximate surface area is 110 Å². The quantitative estimate of drug-likeness (QED) is 0.787. The number of amides is 1. The normalized spacial score (nSPS) is 32.9. The van der Waals surface area contributed by atoms with E-state index >= 15 is 0 Å². The van der Waals surface area contributed by atoms with Crippen LogP contribution in [0.1, 0.15) is 40.0 Å². The molecule has 0 aromatic carbocycles. The molecule has 4 heteroatoms. The summed E-state index contributed by atoms with van der Waals surface area (Å²) in [4.78, 5) is 13.7. The molecule has 2 N–H and O–H groups in total. The van der Waals surface area contributed by atoms with Crippen LogP contribution in [0.4, 0.5) is 0 Å². The van der Waals surface area contributed by atoms with Gasteiger partial charge in [0.05, 0.1) is 6.10 Å². The van der Waals surface area contributed by atoms with Crippen LogP contribution in [0, 0.1) is 11.8 Å². The predicted molar refractivity (Wildman–Crippen MR) is 71.2 cm³/mol. The van der Waals surface area contributed by atoms with Crippen LogP contribution < -0.4 is 5.32 Å². The Morgan fingerprint density at radius 2 is 1.94 bits per heavy atom. The molecule has 4 unspecified atom stereocenters. The third kappa shape index (κ3) is 3.45. The molecular weight excluding hydrogens is 228 g/mol. The van der Waals surface area contributed by atoms with Gasteiger partial charge in [0.2, 0.25) is 5.91 Å². The molecule has 1 aliphatic heterocycles. The number of piperidine rings is 1. The second kappa shape index (κ2) is 5.57. The van der Waals surface area contributed by atoms with Crippen molar-refractivity contribution in [3.63, 3.8) is 0 Å². The zero-order chi connectivity index (χ0) is 13.3. The smallest absolute Gasteiger partial charge is 0.217 e. The molecule has 4 atom stereocenters. The Bertz CT molecular complexity index is 302. The van der Waals surface area contributed by atoms with Crippen LogP contribution in [-0.4, -0.2) is 47.2 Å². The molecular formula is C14H26N2O2. The fourth-order valence-corrected chi connectivity index (χ4v) is 3.12. The first-order chi connectivity index (χ1) is 8.47. The van der Waals surface area contributed by atoms with E-state index in [4.69, 9.17) is 0 Å². The Kier molecular flexibility index (Phi) is 4.28. The van der Waals surface area contributed by atoms with Crippen molar-refractivity contribution in [2.45, 2.75) is 58.2 Å². The van der Waals surface area contributed by atoms with Crippen molar-refractivity contribution in [1.29, 1.82) is 0 Å². The molecule has 1 saturated carbocycles. The molecule has 0 aromatic rings. The van der Waals surface area contributed by atoms with Crippen LogP contribution in [0.15, 0.2) is 0 Å². The van der Waals surface area contributed by atoms with E-state index in [0.717, 1.165) is 25.4 Å². The Morgan fingerprint density at radius 1 is 1.28 bits per heavy atom. The van der Waals surface area contributed by atoms with Crippen LogP contribution in [0.3, 0.4) is 0 Å². The number of rotatable bonds is 4. The lowest BCUT2D eigenvalue weighted by molar-refractivity contribution is -0.120. The molecule has 0 spiro atoms. The highest BCUT2D eigenvalue weighted by Crippen LogP contribution is 2.36. The number of carbonyl (C=O) groups is 1. The first kappa shape index (κ1) is 13.8. The van der Waals surface area contributed by atoms with Crippen molar-refractivity contribution < 1.29 is 9.90 Å². The van der Waals surface area contributed by atoms with Gasteiger partial charge >= 0.3 is 0 Å². The number of nitrogens with one attached hydrogen (secondary N) is 1. The maximum absolute atomic E-state index is 11.2. The van der Waals surface area contributed by atoms with Gasteiger partial charge in [-0.1, -0.05) is 0 Å². The molecule has 104 valence electrons.